The molecule has 0 spiro atoms. The Labute approximate surface area is 192 Å². The van der Waals surface area contributed by atoms with Crippen molar-refractivity contribution in [1.82, 2.24) is 20.0 Å². The van der Waals surface area contributed by atoms with Crippen molar-refractivity contribution in [3.63, 3.8) is 0 Å². The number of rotatable bonds is 7. The van der Waals surface area contributed by atoms with Crippen molar-refractivity contribution >= 4 is 11.8 Å². The van der Waals surface area contributed by atoms with E-state index >= 15 is 0 Å². The first-order chi connectivity index (χ1) is 16.0. The standard InChI is InChI=1S/C24H28N4O5/c1-27-21(13-20(26-27)19-12-18(31-2)4-5-22(19)32-3)23(29)25-14-16-6-9-28(10-7-16)24(30)17-8-11-33-15-17/h4-5,8,11-13,15-16H,6-7,9-10,14H2,1-3H3,(H,25,29). The van der Waals surface area contributed by atoms with Gasteiger partial charge in [0.2, 0.25) is 0 Å². The molecule has 4 rings (SSSR count). The molecule has 1 aromatic carbocycles. The van der Waals surface area contributed by atoms with Crippen molar-refractivity contribution in [1.29, 1.82) is 0 Å². The van der Waals surface area contributed by atoms with Gasteiger partial charge >= 0.3 is 0 Å². The molecule has 1 aliphatic rings. The number of nitrogens with zero attached hydrogens (tertiary/aromatic N) is 3. The van der Waals surface area contributed by atoms with Gasteiger partial charge in [0.05, 0.1) is 31.7 Å². The van der Waals surface area contributed by atoms with Crippen LogP contribution in [0.4, 0.5) is 0 Å². The summed E-state index contributed by atoms with van der Waals surface area (Å²) in [7, 11) is 4.93. The molecule has 0 saturated carbocycles. The van der Waals surface area contributed by atoms with Gasteiger partial charge in [-0.05, 0) is 49.1 Å². The Hall–Kier alpha value is -3.75. The second kappa shape index (κ2) is 9.81. The van der Waals surface area contributed by atoms with Crippen LogP contribution in [0.3, 0.4) is 0 Å². The van der Waals surface area contributed by atoms with Crippen molar-refractivity contribution in [2.45, 2.75) is 12.8 Å². The van der Waals surface area contributed by atoms with E-state index < -0.39 is 0 Å². The second-order valence-corrected chi connectivity index (χ2v) is 8.06. The predicted octanol–water partition coefficient (Wildman–Crippen LogP) is 2.98. The van der Waals surface area contributed by atoms with Gasteiger partial charge in [0, 0.05) is 32.2 Å². The van der Waals surface area contributed by atoms with E-state index in [0.29, 0.717) is 54.0 Å². The van der Waals surface area contributed by atoms with Crippen LogP contribution >= 0.6 is 0 Å². The molecular formula is C24H28N4O5. The molecule has 0 radical (unpaired) electrons. The van der Waals surface area contributed by atoms with Crippen LogP contribution in [0.2, 0.25) is 0 Å². The fourth-order valence-corrected chi connectivity index (χ4v) is 4.06. The Balaban J connectivity index is 1.36. The van der Waals surface area contributed by atoms with E-state index in [2.05, 4.69) is 10.4 Å². The molecule has 0 unspecified atom stereocenters. The summed E-state index contributed by atoms with van der Waals surface area (Å²) in [6.45, 7) is 1.88. The van der Waals surface area contributed by atoms with Crippen LogP contribution < -0.4 is 14.8 Å². The van der Waals surface area contributed by atoms with Crippen molar-refractivity contribution in [2.75, 3.05) is 33.9 Å². The maximum absolute atomic E-state index is 12.9. The SMILES string of the molecule is COc1ccc(OC)c(-c2cc(C(=O)NCC3CCN(C(=O)c4ccoc4)CC3)n(C)n2)c1. The molecule has 1 N–H and O–H groups in total. The minimum absolute atomic E-state index is 0.0124. The summed E-state index contributed by atoms with van der Waals surface area (Å²) in [5, 5.41) is 7.53. The zero-order valence-electron chi connectivity index (χ0n) is 19.0. The molecule has 9 nitrogen and oxygen atoms in total. The Kier molecular flexibility index (Phi) is 6.67. The van der Waals surface area contributed by atoms with Crippen molar-refractivity contribution in [3.8, 4) is 22.8 Å². The third kappa shape index (κ3) is 4.87. The summed E-state index contributed by atoms with van der Waals surface area (Å²) in [5.41, 5.74) is 2.41. The minimum atomic E-state index is -0.185. The van der Waals surface area contributed by atoms with E-state index in [0.717, 1.165) is 18.4 Å². The number of piperidine rings is 1. The van der Waals surface area contributed by atoms with Gasteiger partial charge in [-0.1, -0.05) is 0 Å². The van der Waals surface area contributed by atoms with Crippen molar-refractivity contribution < 1.29 is 23.5 Å². The Bertz CT molecular complexity index is 1110. The smallest absolute Gasteiger partial charge is 0.269 e. The van der Waals surface area contributed by atoms with E-state index in [1.807, 2.05) is 23.1 Å². The Morgan fingerprint density at radius 1 is 1.15 bits per heavy atom. The largest absolute Gasteiger partial charge is 0.497 e. The van der Waals surface area contributed by atoms with Crippen LogP contribution in [0.15, 0.2) is 47.3 Å². The Morgan fingerprint density at radius 2 is 1.94 bits per heavy atom. The first-order valence-corrected chi connectivity index (χ1v) is 10.9. The number of nitrogens with one attached hydrogen (secondary N) is 1. The number of benzene rings is 1. The average Bonchev–Trinajstić information content (AvgIpc) is 3.52. The van der Waals surface area contributed by atoms with Gasteiger partial charge in [0.15, 0.2) is 0 Å². The monoisotopic (exact) mass is 452 g/mol. The first kappa shape index (κ1) is 22.4. The number of aromatic nitrogens is 2. The molecule has 0 aliphatic carbocycles. The van der Waals surface area contributed by atoms with Gasteiger partial charge in [0.25, 0.3) is 11.8 Å². The molecule has 0 atom stereocenters. The van der Waals surface area contributed by atoms with Gasteiger partial charge in [0.1, 0.15) is 23.5 Å². The maximum Gasteiger partial charge on any atom is 0.269 e. The highest BCUT2D eigenvalue weighted by Gasteiger charge is 2.25. The molecule has 1 fully saturated rings. The van der Waals surface area contributed by atoms with E-state index in [-0.39, 0.29) is 11.8 Å². The van der Waals surface area contributed by atoms with E-state index in [4.69, 9.17) is 13.9 Å². The van der Waals surface area contributed by atoms with Crippen LogP contribution in [0.5, 0.6) is 11.5 Å². The fraction of sp³-hybridized carbons (Fsp3) is 0.375. The number of carbonyl (C=O) groups is 2. The molecule has 9 heteroatoms. The van der Waals surface area contributed by atoms with Crippen LogP contribution in [0, 0.1) is 5.92 Å². The number of hydrogen-bond acceptors (Lipinski definition) is 6. The lowest BCUT2D eigenvalue weighted by molar-refractivity contribution is 0.0683. The topological polar surface area (TPSA) is 98.8 Å². The third-order valence-electron chi connectivity index (χ3n) is 6.02. The lowest BCUT2D eigenvalue weighted by Gasteiger charge is -2.31. The highest BCUT2D eigenvalue weighted by Crippen LogP contribution is 2.33. The number of hydrogen-bond donors (Lipinski definition) is 1. The highest BCUT2D eigenvalue weighted by atomic mass is 16.5. The van der Waals surface area contributed by atoms with Gasteiger partial charge < -0.3 is 24.1 Å². The van der Waals surface area contributed by atoms with Gasteiger partial charge in [-0.25, -0.2) is 0 Å². The number of amides is 2. The number of carbonyl (C=O) groups excluding carboxylic acids is 2. The summed E-state index contributed by atoms with van der Waals surface area (Å²) < 4.78 is 17.3. The molecule has 3 heterocycles. The summed E-state index contributed by atoms with van der Waals surface area (Å²) in [6.07, 6.45) is 4.64. The number of likely N-dealkylation sites (tertiary alicyclic amines) is 1. The van der Waals surface area contributed by atoms with Crippen molar-refractivity contribution in [2.24, 2.45) is 13.0 Å². The normalized spacial score (nSPS) is 14.2. The number of methoxy groups -OCH3 is 2. The zero-order valence-corrected chi connectivity index (χ0v) is 19.0. The van der Waals surface area contributed by atoms with Crippen molar-refractivity contribution in [3.05, 3.63) is 54.1 Å². The van der Waals surface area contributed by atoms with E-state index in [1.54, 1.807) is 38.1 Å². The molecule has 1 aliphatic heterocycles. The van der Waals surface area contributed by atoms with Crippen LogP contribution in [-0.4, -0.2) is 60.3 Å². The van der Waals surface area contributed by atoms with Gasteiger partial charge in [-0.2, -0.15) is 5.10 Å². The summed E-state index contributed by atoms with van der Waals surface area (Å²) in [5.74, 6) is 1.45. The summed E-state index contributed by atoms with van der Waals surface area (Å²) in [4.78, 5) is 27.1. The number of furan rings is 1. The predicted molar refractivity (Wildman–Crippen MR) is 121 cm³/mol. The molecule has 3 aromatic rings. The second-order valence-electron chi connectivity index (χ2n) is 8.06. The number of aryl methyl sites for hydroxylation is 1. The molecule has 2 amide bonds. The van der Waals surface area contributed by atoms with Gasteiger partial charge in [-0.3, -0.25) is 14.3 Å². The molecule has 1 saturated heterocycles. The Morgan fingerprint density at radius 3 is 2.61 bits per heavy atom. The summed E-state index contributed by atoms with van der Waals surface area (Å²) in [6, 6.07) is 8.89. The molecular weight excluding hydrogens is 424 g/mol. The quantitative estimate of drug-likeness (QED) is 0.592. The number of ether oxygens (including phenoxy) is 2. The molecule has 174 valence electrons. The fourth-order valence-electron chi connectivity index (χ4n) is 4.06. The molecule has 0 bridgehead atoms. The van der Waals surface area contributed by atoms with E-state index in [1.165, 1.54) is 12.5 Å². The maximum atomic E-state index is 12.9. The molecule has 33 heavy (non-hydrogen) atoms. The lowest BCUT2D eigenvalue weighted by atomic mass is 9.96. The average molecular weight is 453 g/mol. The van der Waals surface area contributed by atoms with E-state index in [9.17, 15) is 9.59 Å². The lowest BCUT2D eigenvalue weighted by Crippen LogP contribution is -2.41. The van der Waals surface area contributed by atoms with Crippen LogP contribution in [-0.2, 0) is 7.05 Å². The minimum Gasteiger partial charge on any atom is -0.497 e. The van der Waals surface area contributed by atoms with Gasteiger partial charge in [-0.15, -0.1) is 0 Å². The van der Waals surface area contributed by atoms with Crippen LogP contribution in [0.25, 0.3) is 11.3 Å². The highest BCUT2D eigenvalue weighted by molar-refractivity contribution is 5.94. The third-order valence-corrected chi connectivity index (χ3v) is 6.02. The zero-order chi connectivity index (χ0) is 23.4. The summed E-state index contributed by atoms with van der Waals surface area (Å²) >= 11 is 0. The first-order valence-electron chi connectivity index (χ1n) is 10.9. The van der Waals surface area contributed by atoms with Crippen LogP contribution in [0.1, 0.15) is 33.7 Å². The molecule has 2 aromatic heterocycles.